The lowest BCUT2D eigenvalue weighted by Crippen LogP contribution is -2.39. The van der Waals surface area contributed by atoms with Crippen LogP contribution in [0.3, 0.4) is 0 Å². The van der Waals surface area contributed by atoms with E-state index in [0.717, 1.165) is 23.6 Å². The summed E-state index contributed by atoms with van der Waals surface area (Å²) in [5, 5.41) is 16.1. The zero-order valence-corrected chi connectivity index (χ0v) is 18.8. The van der Waals surface area contributed by atoms with Crippen LogP contribution in [0.5, 0.6) is 11.5 Å². The highest BCUT2D eigenvalue weighted by molar-refractivity contribution is 14.0. The lowest BCUT2D eigenvalue weighted by Gasteiger charge is -2.15. The van der Waals surface area contributed by atoms with Crippen molar-refractivity contribution in [3.05, 3.63) is 60.2 Å². The molecule has 0 aromatic heterocycles. The van der Waals surface area contributed by atoms with Gasteiger partial charge in [-0.3, -0.25) is 4.99 Å². The average molecular weight is 499 g/mol. The number of methoxy groups -OCH3 is 1. The third-order valence-corrected chi connectivity index (χ3v) is 4.03. The molecule has 0 amide bonds. The molecule has 2 rings (SSSR count). The van der Waals surface area contributed by atoms with Gasteiger partial charge in [-0.25, -0.2) is 0 Å². The van der Waals surface area contributed by atoms with Crippen LogP contribution >= 0.6 is 24.0 Å². The van der Waals surface area contributed by atoms with Crippen molar-refractivity contribution in [2.45, 2.75) is 12.8 Å². The number of nitrogens with one attached hydrogen (secondary N) is 2. The third kappa shape index (κ3) is 8.35. The van der Waals surface area contributed by atoms with E-state index in [1.54, 1.807) is 7.11 Å². The van der Waals surface area contributed by atoms with Crippen LogP contribution < -0.4 is 20.1 Å². The van der Waals surface area contributed by atoms with Gasteiger partial charge in [0, 0.05) is 12.5 Å². The van der Waals surface area contributed by atoms with Crippen molar-refractivity contribution in [3.63, 3.8) is 0 Å². The maximum Gasteiger partial charge on any atom is 0.191 e. The molecule has 0 fully saturated rings. The fourth-order valence-electron chi connectivity index (χ4n) is 2.55. The van der Waals surface area contributed by atoms with Gasteiger partial charge < -0.3 is 25.2 Å². The zero-order valence-electron chi connectivity index (χ0n) is 16.4. The van der Waals surface area contributed by atoms with Gasteiger partial charge in [-0.1, -0.05) is 30.3 Å². The number of halogens is 1. The monoisotopic (exact) mass is 499 g/mol. The van der Waals surface area contributed by atoms with Crippen molar-refractivity contribution in [1.82, 2.24) is 10.6 Å². The highest BCUT2D eigenvalue weighted by atomic mass is 127. The number of ether oxygens (including phenoxy) is 2. The van der Waals surface area contributed by atoms with Gasteiger partial charge in [0.15, 0.2) is 5.96 Å². The van der Waals surface area contributed by atoms with Crippen LogP contribution in [0, 0.1) is 0 Å². The molecule has 0 aliphatic heterocycles. The van der Waals surface area contributed by atoms with Gasteiger partial charge in [-0.2, -0.15) is 0 Å². The summed E-state index contributed by atoms with van der Waals surface area (Å²) in [6, 6.07) is 17.4. The van der Waals surface area contributed by atoms with E-state index >= 15 is 0 Å². The Morgan fingerprint density at radius 2 is 1.71 bits per heavy atom. The Hall–Kier alpha value is -2.00. The predicted molar refractivity (Wildman–Crippen MR) is 124 cm³/mol. The molecule has 0 aliphatic rings. The SMILES string of the molecule is CCNC(=NCC(CO)c1ccccc1)NCCOc1ccc(OC)cc1.I. The van der Waals surface area contributed by atoms with Gasteiger partial charge >= 0.3 is 0 Å². The molecule has 1 unspecified atom stereocenters. The van der Waals surface area contributed by atoms with Crippen LogP contribution in [0.1, 0.15) is 18.4 Å². The number of rotatable bonds is 10. The van der Waals surface area contributed by atoms with Crippen molar-refractivity contribution in [3.8, 4) is 11.5 Å². The van der Waals surface area contributed by atoms with Crippen LogP contribution in [0.2, 0.25) is 0 Å². The summed E-state index contributed by atoms with van der Waals surface area (Å²) < 4.78 is 10.8. The van der Waals surface area contributed by atoms with E-state index in [9.17, 15) is 5.11 Å². The Bertz CT molecular complexity index is 681. The number of aliphatic hydroxyl groups is 1. The molecule has 28 heavy (non-hydrogen) atoms. The minimum atomic E-state index is -0.0165. The molecular formula is C21H30IN3O3. The smallest absolute Gasteiger partial charge is 0.191 e. The van der Waals surface area contributed by atoms with E-state index in [0.29, 0.717) is 25.7 Å². The van der Waals surface area contributed by atoms with Crippen molar-refractivity contribution >= 4 is 29.9 Å². The standard InChI is InChI=1S/C21H29N3O3.HI/c1-3-22-21(24-15-18(16-25)17-7-5-4-6-8-17)23-13-14-27-20-11-9-19(26-2)10-12-20;/h4-12,18,25H,3,13-16H2,1-2H3,(H2,22,23,24);1H. The lowest BCUT2D eigenvalue weighted by molar-refractivity contribution is 0.268. The summed E-state index contributed by atoms with van der Waals surface area (Å²) in [5.74, 6) is 2.30. The molecule has 3 N–H and O–H groups in total. The molecular weight excluding hydrogens is 469 g/mol. The number of hydrogen-bond acceptors (Lipinski definition) is 4. The predicted octanol–water partition coefficient (Wildman–Crippen LogP) is 3.02. The minimum Gasteiger partial charge on any atom is -0.497 e. The Morgan fingerprint density at radius 1 is 1.04 bits per heavy atom. The quantitative estimate of drug-likeness (QED) is 0.203. The molecule has 7 heteroatoms. The second-order valence-corrected chi connectivity index (χ2v) is 5.96. The maximum absolute atomic E-state index is 9.66. The third-order valence-electron chi connectivity index (χ3n) is 4.03. The first-order valence-electron chi connectivity index (χ1n) is 9.21. The molecule has 0 bridgehead atoms. The molecule has 0 radical (unpaired) electrons. The second kappa shape index (κ2) is 14.1. The molecule has 154 valence electrons. The molecule has 0 heterocycles. The highest BCUT2D eigenvalue weighted by Gasteiger charge is 2.09. The summed E-state index contributed by atoms with van der Waals surface area (Å²) in [4.78, 5) is 4.59. The van der Waals surface area contributed by atoms with Gasteiger partial charge in [0.25, 0.3) is 0 Å². The summed E-state index contributed by atoms with van der Waals surface area (Å²) in [5.41, 5.74) is 1.09. The first-order valence-corrected chi connectivity index (χ1v) is 9.21. The van der Waals surface area contributed by atoms with Gasteiger partial charge in [-0.05, 0) is 36.8 Å². The number of hydrogen-bond donors (Lipinski definition) is 3. The number of aliphatic hydroxyl groups excluding tert-OH is 1. The Labute approximate surface area is 184 Å². The van der Waals surface area contributed by atoms with Crippen LogP contribution in [0.4, 0.5) is 0 Å². The van der Waals surface area contributed by atoms with E-state index in [1.807, 2.05) is 61.5 Å². The Kier molecular flexibility index (Phi) is 12.1. The minimum absolute atomic E-state index is 0. The highest BCUT2D eigenvalue weighted by Crippen LogP contribution is 2.17. The molecule has 2 aromatic carbocycles. The summed E-state index contributed by atoms with van der Waals surface area (Å²) in [7, 11) is 1.64. The largest absolute Gasteiger partial charge is 0.497 e. The molecule has 0 spiro atoms. The van der Waals surface area contributed by atoms with Gasteiger partial charge in [-0.15, -0.1) is 24.0 Å². The average Bonchev–Trinajstić information content (AvgIpc) is 2.72. The van der Waals surface area contributed by atoms with E-state index < -0.39 is 0 Å². The topological polar surface area (TPSA) is 75.1 Å². The maximum atomic E-state index is 9.66. The normalized spacial score (nSPS) is 11.9. The lowest BCUT2D eigenvalue weighted by atomic mass is 10.0. The Balaban J connectivity index is 0.00000392. The van der Waals surface area contributed by atoms with E-state index in [-0.39, 0.29) is 36.5 Å². The van der Waals surface area contributed by atoms with E-state index in [4.69, 9.17) is 9.47 Å². The van der Waals surface area contributed by atoms with E-state index in [2.05, 4.69) is 15.6 Å². The summed E-state index contributed by atoms with van der Waals surface area (Å²) in [6.07, 6.45) is 0. The number of aliphatic imine (C=N–C) groups is 1. The Morgan fingerprint density at radius 3 is 2.32 bits per heavy atom. The molecule has 6 nitrogen and oxygen atoms in total. The van der Waals surface area contributed by atoms with Crippen molar-refractivity contribution in [2.24, 2.45) is 4.99 Å². The zero-order chi connectivity index (χ0) is 19.3. The van der Waals surface area contributed by atoms with Crippen molar-refractivity contribution < 1.29 is 14.6 Å². The van der Waals surface area contributed by atoms with Crippen LogP contribution in [-0.2, 0) is 0 Å². The number of guanidine groups is 1. The molecule has 0 aliphatic carbocycles. The van der Waals surface area contributed by atoms with E-state index in [1.165, 1.54) is 0 Å². The summed E-state index contributed by atoms with van der Waals surface area (Å²) in [6.45, 7) is 4.49. The second-order valence-electron chi connectivity index (χ2n) is 5.96. The van der Waals surface area contributed by atoms with Gasteiger partial charge in [0.05, 0.1) is 26.8 Å². The summed E-state index contributed by atoms with van der Waals surface area (Å²) >= 11 is 0. The van der Waals surface area contributed by atoms with Crippen LogP contribution in [0.15, 0.2) is 59.6 Å². The van der Waals surface area contributed by atoms with Crippen LogP contribution in [0.25, 0.3) is 0 Å². The fourth-order valence-corrected chi connectivity index (χ4v) is 2.55. The first kappa shape index (κ1) is 24.0. The molecule has 0 saturated carbocycles. The van der Waals surface area contributed by atoms with Crippen LogP contribution in [-0.4, -0.2) is 51.0 Å². The number of nitrogens with zero attached hydrogens (tertiary/aromatic N) is 1. The first-order chi connectivity index (χ1) is 13.3. The molecule has 2 aromatic rings. The van der Waals surface area contributed by atoms with Crippen molar-refractivity contribution in [2.75, 3.05) is 40.0 Å². The number of benzene rings is 2. The fraction of sp³-hybridized carbons (Fsp3) is 0.381. The molecule has 0 saturated heterocycles. The van der Waals surface area contributed by atoms with Crippen molar-refractivity contribution in [1.29, 1.82) is 0 Å². The molecule has 1 atom stereocenters. The van der Waals surface area contributed by atoms with Gasteiger partial charge in [0.1, 0.15) is 18.1 Å². The van der Waals surface area contributed by atoms with Gasteiger partial charge in [0.2, 0.25) is 0 Å².